The quantitative estimate of drug-likeness (QED) is 0.646. The second-order valence-corrected chi connectivity index (χ2v) is 4.51. The fourth-order valence-electron chi connectivity index (χ4n) is 2.00. The van der Waals surface area contributed by atoms with E-state index >= 15 is 0 Å². The van der Waals surface area contributed by atoms with Crippen molar-refractivity contribution in [2.24, 2.45) is 11.7 Å². The lowest BCUT2D eigenvalue weighted by atomic mass is 9.94. The molecule has 84 valence electrons. The first kappa shape index (κ1) is 12.0. The van der Waals surface area contributed by atoms with Gasteiger partial charge in [-0.25, -0.2) is 0 Å². The van der Waals surface area contributed by atoms with Crippen molar-refractivity contribution in [2.45, 2.75) is 38.6 Å². The zero-order chi connectivity index (χ0) is 10.4. The minimum Gasteiger partial charge on any atom is -0.396 e. The van der Waals surface area contributed by atoms with E-state index in [1.807, 2.05) is 0 Å². The molecule has 0 aromatic heterocycles. The minimum atomic E-state index is 0.330. The van der Waals surface area contributed by atoms with Crippen LogP contribution in [0.2, 0.25) is 0 Å². The predicted octanol–water partition coefficient (Wildman–Crippen LogP) is 0.818. The van der Waals surface area contributed by atoms with Gasteiger partial charge in [-0.3, -0.25) is 0 Å². The van der Waals surface area contributed by atoms with Crippen molar-refractivity contribution in [3.05, 3.63) is 0 Å². The van der Waals surface area contributed by atoms with Crippen molar-refractivity contribution >= 4 is 0 Å². The van der Waals surface area contributed by atoms with Crippen LogP contribution in [0.1, 0.15) is 32.6 Å². The lowest BCUT2D eigenvalue weighted by Gasteiger charge is -2.35. The van der Waals surface area contributed by atoms with Gasteiger partial charge in [0.05, 0.1) is 0 Å². The van der Waals surface area contributed by atoms with Gasteiger partial charge < -0.3 is 15.7 Å². The van der Waals surface area contributed by atoms with E-state index in [0.29, 0.717) is 18.6 Å². The number of hydrogen-bond acceptors (Lipinski definition) is 3. The molecule has 2 atom stereocenters. The number of rotatable bonds is 5. The number of aliphatic hydroxyl groups excluding tert-OH is 1. The van der Waals surface area contributed by atoms with Gasteiger partial charge in [-0.15, -0.1) is 0 Å². The Balaban J connectivity index is 2.07. The Hall–Kier alpha value is -0.120. The van der Waals surface area contributed by atoms with E-state index in [2.05, 4.69) is 11.8 Å². The first-order valence-electron chi connectivity index (χ1n) is 5.83. The average molecular weight is 200 g/mol. The zero-order valence-electron chi connectivity index (χ0n) is 9.28. The molecule has 1 aliphatic rings. The number of nitrogens with two attached hydrogens (primary N) is 1. The number of unbranched alkanes of at least 4 members (excludes halogenated alkanes) is 2. The number of hydrogen-bond donors (Lipinski definition) is 2. The number of nitrogens with zero attached hydrogens (tertiary/aromatic N) is 1. The monoisotopic (exact) mass is 200 g/mol. The number of likely N-dealkylation sites (tertiary alicyclic amines) is 1. The topological polar surface area (TPSA) is 49.5 Å². The summed E-state index contributed by atoms with van der Waals surface area (Å²) < 4.78 is 0. The molecule has 0 amide bonds. The Kier molecular flexibility index (Phi) is 5.45. The normalized spacial score (nSPS) is 29.4. The number of aliphatic hydroxyl groups is 1. The van der Waals surface area contributed by atoms with Gasteiger partial charge in [-0.2, -0.15) is 0 Å². The minimum absolute atomic E-state index is 0.330. The highest BCUT2D eigenvalue weighted by atomic mass is 16.2. The van der Waals surface area contributed by atoms with Crippen LogP contribution in [0.5, 0.6) is 0 Å². The molecule has 1 saturated heterocycles. The molecule has 3 heteroatoms. The Labute approximate surface area is 87.3 Å². The van der Waals surface area contributed by atoms with Crippen molar-refractivity contribution in [3.63, 3.8) is 0 Å². The van der Waals surface area contributed by atoms with Gasteiger partial charge in [-0.05, 0) is 44.7 Å². The molecule has 0 spiro atoms. The largest absolute Gasteiger partial charge is 0.396 e. The van der Waals surface area contributed by atoms with Gasteiger partial charge in [0.2, 0.25) is 0 Å². The van der Waals surface area contributed by atoms with Gasteiger partial charge in [-0.1, -0.05) is 6.92 Å². The molecule has 0 aromatic carbocycles. The highest BCUT2D eigenvalue weighted by Crippen LogP contribution is 2.15. The number of piperidine rings is 1. The first-order chi connectivity index (χ1) is 6.74. The Morgan fingerprint density at radius 2 is 2.14 bits per heavy atom. The molecule has 1 heterocycles. The third-order valence-corrected chi connectivity index (χ3v) is 3.23. The van der Waals surface area contributed by atoms with Crippen LogP contribution in [0.25, 0.3) is 0 Å². The summed E-state index contributed by atoms with van der Waals surface area (Å²) in [4.78, 5) is 2.46. The maximum atomic E-state index is 8.65. The third-order valence-electron chi connectivity index (χ3n) is 3.23. The molecule has 0 aromatic rings. The molecule has 0 radical (unpaired) electrons. The lowest BCUT2D eigenvalue weighted by molar-refractivity contribution is 0.165. The molecule has 0 bridgehead atoms. The molecular formula is C11H24N2O. The molecule has 1 fully saturated rings. The van der Waals surface area contributed by atoms with E-state index < -0.39 is 0 Å². The SMILES string of the molecule is CC1CCN(CCCCCO)CC1N. The summed E-state index contributed by atoms with van der Waals surface area (Å²) in [7, 11) is 0. The molecule has 3 N–H and O–H groups in total. The summed E-state index contributed by atoms with van der Waals surface area (Å²) in [6.07, 6.45) is 4.51. The van der Waals surface area contributed by atoms with Gasteiger partial charge >= 0.3 is 0 Å². The van der Waals surface area contributed by atoms with Crippen molar-refractivity contribution in [1.82, 2.24) is 4.90 Å². The van der Waals surface area contributed by atoms with Crippen LogP contribution in [0.3, 0.4) is 0 Å². The van der Waals surface area contributed by atoms with Crippen molar-refractivity contribution in [3.8, 4) is 0 Å². The van der Waals surface area contributed by atoms with Crippen LogP contribution < -0.4 is 5.73 Å². The van der Waals surface area contributed by atoms with E-state index in [1.54, 1.807) is 0 Å². The molecule has 14 heavy (non-hydrogen) atoms. The Bertz CT molecular complexity index is 152. The lowest BCUT2D eigenvalue weighted by Crippen LogP contribution is -2.47. The summed E-state index contributed by atoms with van der Waals surface area (Å²) in [5.41, 5.74) is 6.02. The smallest absolute Gasteiger partial charge is 0.0431 e. The van der Waals surface area contributed by atoms with Gasteiger partial charge in [0.25, 0.3) is 0 Å². The fraction of sp³-hybridized carbons (Fsp3) is 1.00. The fourth-order valence-corrected chi connectivity index (χ4v) is 2.00. The van der Waals surface area contributed by atoms with Crippen LogP contribution in [0, 0.1) is 5.92 Å². The molecule has 1 aliphatic heterocycles. The van der Waals surface area contributed by atoms with E-state index in [9.17, 15) is 0 Å². The van der Waals surface area contributed by atoms with Crippen molar-refractivity contribution in [2.75, 3.05) is 26.2 Å². The second kappa shape index (κ2) is 6.38. The summed E-state index contributed by atoms with van der Waals surface area (Å²) in [5, 5.41) is 8.65. The Morgan fingerprint density at radius 1 is 1.36 bits per heavy atom. The highest BCUT2D eigenvalue weighted by molar-refractivity contribution is 4.80. The van der Waals surface area contributed by atoms with Crippen LogP contribution in [-0.2, 0) is 0 Å². The Morgan fingerprint density at radius 3 is 2.79 bits per heavy atom. The van der Waals surface area contributed by atoms with Crippen LogP contribution in [0.4, 0.5) is 0 Å². The predicted molar refractivity (Wildman–Crippen MR) is 59.1 cm³/mol. The van der Waals surface area contributed by atoms with E-state index in [-0.39, 0.29) is 0 Å². The molecule has 0 aliphatic carbocycles. The average Bonchev–Trinajstić information content (AvgIpc) is 2.18. The van der Waals surface area contributed by atoms with Crippen molar-refractivity contribution < 1.29 is 5.11 Å². The third kappa shape index (κ3) is 3.95. The van der Waals surface area contributed by atoms with Gasteiger partial charge in [0.1, 0.15) is 0 Å². The zero-order valence-corrected chi connectivity index (χ0v) is 9.28. The second-order valence-electron chi connectivity index (χ2n) is 4.51. The van der Waals surface area contributed by atoms with Crippen LogP contribution in [0.15, 0.2) is 0 Å². The van der Waals surface area contributed by atoms with E-state index in [4.69, 9.17) is 10.8 Å². The van der Waals surface area contributed by atoms with Crippen molar-refractivity contribution in [1.29, 1.82) is 0 Å². The highest BCUT2D eigenvalue weighted by Gasteiger charge is 2.22. The maximum absolute atomic E-state index is 8.65. The van der Waals surface area contributed by atoms with E-state index in [0.717, 1.165) is 25.9 Å². The van der Waals surface area contributed by atoms with Crippen LogP contribution >= 0.6 is 0 Å². The van der Waals surface area contributed by atoms with E-state index in [1.165, 1.54) is 19.4 Å². The summed E-state index contributed by atoms with van der Waals surface area (Å²) in [6.45, 7) is 5.99. The molecule has 0 saturated carbocycles. The van der Waals surface area contributed by atoms with Gasteiger partial charge in [0, 0.05) is 19.2 Å². The maximum Gasteiger partial charge on any atom is 0.0431 e. The van der Waals surface area contributed by atoms with Gasteiger partial charge in [0.15, 0.2) is 0 Å². The first-order valence-corrected chi connectivity index (χ1v) is 5.83. The summed E-state index contributed by atoms with van der Waals surface area (Å²) in [6, 6.07) is 0.363. The molecule has 2 unspecified atom stereocenters. The molecular weight excluding hydrogens is 176 g/mol. The molecule has 3 nitrogen and oxygen atoms in total. The summed E-state index contributed by atoms with van der Waals surface area (Å²) >= 11 is 0. The standard InChI is InChI=1S/C11H24N2O/c1-10-5-7-13(9-11(10)12)6-3-2-4-8-14/h10-11,14H,2-9,12H2,1H3. The van der Waals surface area contributed by atoms with Crippen LogP contribution in [-0.4, -0.2) is 42.3 Å². The summed E-state index contributed by atoms with van der Waals surface area (Å²) in [5.74, 6) is 0.684. The molecule has 1 rings (SSSR count).